The van der Waals surface area contributed by atoms with Crippen molar-refractivity contribution < 1.29 is 4.39 Å². The molecular formula is C11H11ClFN3. The summed E-state index contributed by atoms with van der Waals surface area (Å²) in [4.78, 5) is 4.16. The number of anilines is 1. The number of aryl methyl sites for hydroxylation is 1. The molecule has 0 aliphatic rings. The molecule has 1 aromatic heterocycles. The Hall–Kier alpha value is -1.55. The van der Waals surface area contributed by atoms with Crippen LogP contribution in [-0.4, -0.2) is 9.55 Å². The summed E-state index contributed by atoms with van der Waals surface area (Å²) in [6.45, 7) is 2.69. The van der Waals surface area contributed by atoms with Crippen molar-refractivity contribution in [3.05, 3.63) is 35.4 Å². The van der Waals surface area contributed by atoms with E-state index in [1.165, 1.54) is 12.1 Å². The van der Waals surface area contributed by atoms with E-state index < -0.39 is 5.82 Å². The molecule has 0 aliphatic heterocycles. The quantitative estimate of drug-likeness (QED) is 0.876. The fourth-order valence-corrected chi connectivity index (χ4v) is 1.63. The van der Waals surface area contributed by atoms with Crippen molar-refractivity contribution in [3.63, 3.8) is 0 Å². The molecule has 2 aromatic rings. The van der Waals surface area contributed by atoms with Crippen LogP contribution in [0.3, 0.4) is 0 Å². The maximum atomic E-state index is 13.3. The van der Waals surface area contributed by atoms with Crippen molar-refractivity contribution in [3.8, 4) is 11.3 Å². The number of imidazole rings is 1. The number of benzene rings is 1. The predicted molar refractivity (Wildman–Crippen MR) is 62.7 cm³/mol. The molecule has 0 bridgehead atoms. The van der Waals surface area contributed by atoms with Gasteiger partial charge in [0.1, 0.15) is 17.3 Å². The van der Waals surface area contributed by atoms with Crippen LogP contribution < -0.4 is 5.73 Å². The molecule has 0 saturated heterocycles. The van der Waals surface area contributed by atoms with Gasteiger partial charge in [0, 0.05) is 12.1 Å². The molecule has 3 nitrogen and oxygen atoms in total. The highest BCUT2D eigenvalue weighted by molar-refractivity contribution is 6.30. The highest BCUT2D eigenvalue weighted by atomic mass is 35.5. The Labute approximate surface area is 97.7 Å². The number of hydrogen-bond acceptors (Lipinski definition) is 2. The second-order valence-electron chi connectivity index (χ2n) is 3.39. The van der Waals surface area contributed by atoms with Crippen LogP contribution in [0.5, 0.6) is 0 Å². The van der Waals surface area contributed by atoms with Crippen molar-refractivity contribution in [2.45, 2.75) is 13.5 Å². The number of nitrogens with zero attached hydrogens (tertiary/aromatic N) is 2. The van der Waals surface area contributed by atoms with Gasteiger partial charge in [-0.2, -0.15) is 0 Å². The predicted octanol–water partition coefficient (Wildman–Crippen LogP) is 2.94. The van der Waals surface area contributed by atoms with E-state index in [1.807, 2.05) is 6.92 Å². The Kier molecular flexibility index (Phi) is 2.83. The van der Waals surface area contributed by atoms with E-state index in [0.717, 1.165) is 6.54 Å². The molecule has 1 aromatic carbocycles. The van der Waals surface area contributed by atoms with Crippen molar-refractivity contribution in [1.29, 1.82) is 0 Å². The lowest BCUT2D eigenvalue weighted by Gasteiger charge is -2.03. The Bertz CT molecular complexity index is 522. The van der Waals surface area contributed by atoms with Gasteiger partial charge in [-0.25, -0.2) is 9.37 Å². The monoisotopic (exact) mass is 239 g/mol. The molecule has 1 heterocycles. The van der Waals surface area contributed by atoms with Crippen molar-refractivity contribution >= 4 is 17.4 Å². The second kappa shape index (κ2) is 4.14. The summed E-state index contributed by atoms with van der Waals surface area (Å²) in [6, 6.07) is 4.53. The highest BCUT2D eigenvalue weighted by Crippen LogP contribution is 2.27. The standard InChI is InChI=1S/C11H11ClFN3/c1-2-16-6-15-10(11(16)14)7-3-4-8(12)9(13)5-7/h3-6H,2,14H2,1H3. The average Bonchev–Trinajstić information content (AvgIpc) is 2.64. The zero-order chi connectivity index (χ0) is 11.7. The zero-order valence-corrected chi connectivity index (χ0v) is 9.50. The first-order valence-electron chi connectivity index (χ1n) is 4.89. The minimum absolute atomic E-state index is 0.0947. The molecule has 16 heavy (non-hydrogen) atoms. The Morgan fingerprint density at radius 3 is 2.81 bits per heavy atom. The molecule has 5 heteroatoms. The number of rotatable bonds is 2. The first-order valence-corrected chi connectivity index (χ1v) is 5.27. The largest absolute Gasteiger partial charge is 0.383 e. The summed E-state index contributed by atoms with van der Waals surface area (Å²) in [5, 5.41) is 0.0947. The fourth-order valence-electron chi connectivity index (χ4n) is 1.51. The van der Waals surface area contributed by atoms with E-state index in [9.17, 15) is 4.39 Å². The Morgan fingerprint density at radius 1 is 1.50 bits per heavy atom. The molecule has 0 spiro atoms. The molecule has 84 valence electrons. The van der Waals surface area contributed by atoms with Gasteiger partial charge in [0.2, 0.25) is 0 Å². The molecule has 0 radical (unpaired) electrons. The summed E-state index contributed by atoms with van der Waals surface area (Å²) in [6.07, 6.45) is 1.64. The summed E-state index contributed by atoms with van der Waals surface area (Å²) in [5.41, 5.74) is 7.09. The van der Waals surface area contributed by atoms with Gasteiger partial charge < -0.3 is 10.3 Å². The van der Waals surface area contributed by atoms with E-state index in [-0.39, 0.29) is 5.02 Å². The van der Waals surface area contributed by atoms with Gasteiger partial charge in [-0.3, -0.25) is 0 Å². The third-order valence-corrected chi connectivity index (χ3v) is 2.72. The van der Waals surface area contributed by atoms with Gasteiger partial charge in [-0.05, 0) is 19.1 Å². The molecule has 0 saturated carbocycles. The molecular weight excluding hydrogens is 229 g/mol. The molecule has 2 rings (SSSR count). The van der Waals surface area contributed by atoms with E-state index in [2.05, 4.69) is 4.98 Å². The van der Waals surface area contributed by atoms with Crippen LogP contribution in [-0.2, 0) is 6.54 Å². The van der Waals surface area contributed by atoms with E-state index in [4.69, 9.17) is 17.3 Å². The lowest BCUT2D eigenvalue weighted by Crippen LogP contribution is -1.99. The third kappa shape index (κ3) is 1.76. The van der Waals surface area contributed by atoms with Crippen LogP contribution in [0.15, 0.2) is 24.5 Å². The fraction of sp³-hybridized carbons (Fsp3) is 0.182. The molecule has 0 amide bonds. The van der Waals surface area contributed by atoms with Crippen LogP contribution in [0.1, 0.15) is 6.92 Å². The van der Waals surface area contributed by atoms with Crippen LogP contribution >= 0.6 is 11.6 Å². The van der Waals surface area contributed by atoms with Crippen molar-refractivity contribution in [1.82, 2.24) is 9.55 Å². The van der Waals surface area contributed by atoms with Gasteiger partial charge in [0.25, 0.3) is 0 Å². The van der Waals surface area contributed by atoms with E-state index in [0.29, 0.717) is 17.1 Å². The Balaban J connectivity index is 2.50. The first-order chi connectivity index (χ1) is 7.63. The highest BCUT2D eigenvalue weighted by Gasteiger charge is 2.10. The van der Waals surface area contributed by atoms with Crippen molar-refractivity contribution in [2.75, 3.05) is 5.73 Å². The van der Waals surface area contributed by atoms with Crippen LogP contribution in [0.4, 0.5) is 10.2 Å². The van der Waals surface area contributed by atoms with Gasteiger partial charge in [0.05, 0.1) is 11.3 Å². The van der Waals surface area contributed by atoms with Gasteiger partial charge in [-0.1, -0.05) is 17.7 Å². The number of nitrogens with two attached hydrogens (primary N) is 1. The lowest BCUT2D eigenvalue weighted by molar-refractivity contribution is 0.628. The molecule has 0 atom stereocenters. The summed E-state index contributed by atoms with van der Waals surface area (Å²) >= 11 is 5.61. The van der Waals surface area contributed by atoms with E-state index >= 15 is 0 Å². The Morgan fingerprint density at radius 2 is 2.25 bits per heavy atom. The SMILES string of the molecule is CCn1cnc(-c2ccc(Cl)c(F)c2)c1N. The lowest BCUT2D eigenvalue weighted by atomic mass is 10.1. The zero-order valence-electron chi connectivity index (χ0n) is 8.74. The number of halogens is 2. The molecule has 0 aliphatic carbocycles. The summed E-state index contributed by atoms with van der Waals surface area (Å²) in [5.74, 6) is 0.0637. The first kappa shape index (κ1) is 11.0. The summed E-state index contributed by atoms with van der Waals surface area (Å²) in [7, 11) is 0. The summed E-state index contributed by atoms with van der Waals surface area (Å²) < 4.78 is 15.1. The normalized spacial score (nSPS) is 10.7. The van der Waals surface area contributed by atoms with Crippen LogP contribution in [0, 0.1) is 5.82 Å². The van der Waals surface area contributed by atoms with E-state index in [1.54, 1.807) is 17.0 Å². The molecule has 0 unspecified atom stereocenters. The molecule has 2 N–H and O–H groups in total. The minimum Gasteiger partial charge on any atom is -0.383 e. The second-order valence-corrected chi connectivity index (χ2v) is 3.80. The average molecular weight is 240 g/mol. The smallest absolute Gasteiger partial charge is 0.142 e. The minimum atomic E-state index is -0.468. The van der Waals surface area contributed by atoms with Crippen LogP contribution in [0.25, 0.3) is 11.3 Å². The topological polar surface area (TPSA) is 43.8 Å². The number of hydrogen-bond donors (Lipinski definition) is 1. The van der Waals surface area contributed by atoms with Gasteiger partial charge in [0.15, 0.2) is 0 Å². The van der Waals surface area contributed by atoms with Gasteiger partial charge in [-0.15, -0.1) is 0 Å². The third-order valence-electron chi connectivity index (χ3n) is 2.41. The number of nitrogen functional groups attached to an aromatic ring is 1. The maximum Gasteiger partial charge on any atom is 0.142 e. The van der Waals surface area contributed by atoms with Crippen LogP contribution in [0.2, 0.25) is 5.02 Å². The van der Waals surface area contributed by atoms with Crippen molar-refractivity contribution in [2.24, 2.45) is 0 Å². The number of aromatic nitrogens is 2. The molecule has 0 fully saturated rings. The van der Waals surface area contributed by atoms with Gasteiger partial charge >= 0.3 is 0 Å². The maximum absolute atomic E-state index is 13.3.